The monoisotopic (exact) mass is 263 g/mol. The van der Waals surface area contributed by atoms with Crippen molar-refractivity contribution >= 4 is 17.7 Å². The third-order valence-corrected chi connectivity index (χ3v) is 2.20. The molecule has 1 aromatic carbocycles. The Bertz CT molecular complexity index is 457. The Morgan fingerprint density at radius 1 is 1.32 bits per heavy atom. The largest absolute Gasteiger partial charge is 0.462 e. The second kappa shape index (κ2) is 7.92. The maximum absolute atomic E-state index is 11.4. The first-order valence-corrected chi connectivity index (χ1v) is 5.91. The lowest BCUT2D eigenvalue weighted by atomic mass is 10.2. The van der Waals surface area contributed by atoms with Crippen molar-refractivity contribution in [2.75, 3.05) is 18.5 Å². The van der Waals surface area contributed by atoms with Crippen LogP contribution in [0.25, 0.3) is 0 Å². The molecule has 0 spiro atoms. The molecule has 0 saturated heterocycles. The highest BCUT2D eigenvalue weighted by Gasteiger charge is 2.03. The summed E-state index contributed by atoms with van der Waals surface area (Å²) in [5, 5.41) is 2.61. The first-order valence-electron chi connectivity index (χ1n) is 5.91. The van der Waals surface area contributed by atoms with Crippen LogP contribution in [0.4, 0.5) is 10.5 Å². The Balaban J connectivity index is 2.18. The molecule has 1 rings (SSSR count). The molecule has 0 aromatic heterocycles. The van der Waals surface area contributed by atoms with Gasteiger partial charge in [-0.05, 0) is 24.6 Å². The van der Waals surface area contributed by atoms with Crippen molar-refractivity contribution in [2.24, 2.45) is 0 Å². The number of aryl methyl sites for hydroxylation is 1. The fraction of sp³-hybridized carbons (Fsp3) is 0.286. The molecule has 1 N–H and O–H groups in total. The van der Waals surface area contributed by atoms with Gasteiger partial charge in [0.25, 0.3) is 0 Å². The number of amides is 1. The van der Waals surface area contributed by atoms with Crippen molar-refractivity contribution < 1.29 is 19.1 Å². The number of carbonyl (C=O) groups excluding carboxylic acids is 2. The average Bonchev–Trinajstić information content (AvgIpc) is 2.38. The molecule has 0 unspecified atom stereocenters. The Hall–Kier alpha value is -2.30. The SMILES string of the molecule is C=CC(=O)OCCCOC(=O)Nc1cccc(C)c1. The van der Waals surface area contributed by atoms with E-state index in [0.29, 0.717) is 12.1 Å². The summed E-state index contributed by atoms with van der Waals surface area (Å²) >= 11 is 0. The number of hydrogen-bond acceptors (Lipinski definition) is 4. The number of ether oxygens (including phenoxy) is 2. The standard InChI is InChI=1S/C14H17NO4/c1-3-13(16)18-8-5-9-19-14(17)15-12-7-4-6-11(2)10-12/h3-4,6-7,10H,1,5,8-9H2,2H3,(H,15,17). The smallest absolute Gasteiger partial charge is 0.411 e. The minimum atomic E-state index is -0.527. The first-order chi connectivity index (χ1) is 9.11. The molecule has 102 valence electrons. The van der Waals surface area contributed by atoms with E-state index in [9.17, 15) is 9.59 Å². The number of carbonyl (C=O) groups is 2. The molecule has 0 saturated carbocycles. The lowest BCUT2D eigenvalue weighted by Crippen LogP contribution is -2.15. The van der Waals surface area contributed by atoms with Crippen molar-refractivity contribution in [3.63, 3.8) is 0 Å². The van der Waals surface area contributed by atoms with Crippen LogP contribution < -0.4 is 5.32 Å². The topological polar surface area (TPSA) is 64.6 Å². The number of hydrogen-bond donors (Lipinski definition) is 1. The Kier molecular flexibility index (Phi) is 6.15. The Morgan fingerprint density at radius 2 is 2.05 bits per heavy atom. The van der Waals surface area contributed by atoms with E-state index in [-0.39, 0.29) is 13.2 Å². The molecule has 0 heterocycles. The van der Waals surface area contributed by atoms with E-state index in [1.54, 1.807) is 6.07 Å². The van der Waals surface area contributed by atoms with E-state index >= 15 is 0 Å². The van der Waals surface area contributed by atoms with Crippen molar-refractivity contribution in [1.82, 2.24) is 0 Å². The van der Waals surface area contributed by atoms with Gasteiger partial charge in [0.2, 0.25) is 0 Å². The van der Waals surface area contributed by atoms with Crippen molar-refractivity contribution in [3.8, 4) is 0 Å². The van der Waals surface area contributed by atoms with Gasteiger partial charge in [0, 0.05) is 18.2 Å². The molecule has 5 nitrogen and oxygen atoms in total. The summed E-state index contributed by atoms with van der Waals surface area (Å²) in [6.45, 7) is 5.59. The van der Waals surface area contributed by atoms with Crippen LogP contribution >= 0.6 is 0 Å². The van der Waals surface area contributed by atoms with Crippen molar-refractivity contribution in [1.29, 1.82) is 0 Å². The van der Waals surface area contributed by atoms with Crippen LogP contribution in [0.15, 0.2) is 36.9 Å². The lowest BCUT2D eigenvalue weighted by Gasteiger charge is -2.07. The lowest BCUT2D eigenvalue weighted by molar-refractivity contribution is -0.137. The molecule has 0 aliphatic rings. The molecule has 19 heavy (non-hydrogen) atoms. The van der Waals surface area contributed by atoms with Crippen LogP contribution in [0, 0.1) is 6.92 Å². The molecule has 0 atom stereocenters. The van der Waals surface area contributed by atoms with E-state index < -0.39 is 12.1 Å². The normalized spacial score (nSPS) is 9.53. The van der Waals surface area contributed by atoms with E-state index in [1.807, 2.05) is 25.1 Å². The maximum Gasteiger partial charge on any atom is 0.411 e. The average molecular weight is 263 g/mol. The Labute approximate surface area is 112 Å². The summed E-state index contributed by atoms with van der Waals surface area (Å²) in [6.07, 6.45) is 1.01. The summed E-state index contributed by atoms with van der Waals surface area (Å²) < 4.78 is 9.67. The molecule has 1 amide bonds. The van der Waals surface area contributed by atoms with E-state index in [2.05, 4.69) is 11.9 Å². The molecule has 0 radical (unpaired) electrons. The Morgan fingerprint density at radius 3 is 2.74 bits per heavy atom. The molecular weight excluding hydrogens is 246 g/mol. The highest BCUT2D eigenvalue weighted by molar-refractivity contribution is 5.84. The van der Waals surface area contributed by atoms with Crippen LogP contribution in [0.5, 0.6) is 0 Å². The van der Waals surface area contributed by atoms with Crippen molar-refractivity contribution in [2.45, 2.75) is 13.3 Å². The van der Waals surface area contributed by atoms with Crippen molar-refractivity contribution in [3.05, 3.63) is 42.5 Å². The van der Waals surface area contributed by atoms with Gasteiger partial charge in [-0.1, -0.05) is 18.7 Å². The minimum Gasteiger partial charge on any atom is -0.462 e. The zero-order valence-corrected chi connectivity index (χ0v) is 10.8. The van der Waals surface area contributed by atoms with Gasteiger partial charge in [0.15, 0.2) is 0 Å². The summed E-state index contributed by atoms with van der Waals surface area (Å²) in [7, 11) is 0. The minimum absolute atomic E-state index is 0.183. The summed E-state index contributed by atoms with van der Waals surface area (Å²) in [4.78, 5) is 22.1. The molecule has 0 aliphatic carbocycles. The van der Waals surface area contributed by atoms with Crippen LogP contribution in [0.3, 0.4) is 0 Å². The number of benzene rings is 1. The zero-order chi connectivity index (χ0) is 14.1. The van der Waals surface area contributed by atoms with Gasteiger partial charge in [-0.3, -0.25) is 5.32 Å². The van der Waals surface area contributed by atoms with Gasteiger partial charge in [-0.15, -0.1) is 0 Å². The van der Waals surface area contributed by atoms with Gasteiger partial charge >= 0.3 is 12.1 Å². The van der Waals surface area contributed by atoms with Gasteiger partial charge in [-0.25, -0.2) is 9.59 Å². The van der Waals surface area contributed by atoms with E-state index in [4.69, 9.17) is 9.47 Å². The second-order valence-electron chi connectivity index (χ2n) is 3.86. The fourth-order valence-corrected chi connectivity index (χ4v) is 1.33. The van der Waals surface area contributed by atoms with Gasteiger partial charge in [0.05, 0.1) is 13.2 Å². The predicted molar refractivity (Wildman–Crippen MR) is 71.9 cm³/mol. The highest BCUT2D eigenvalue weighted by Crippen LogP contribution is 2.09. The fourth-order valence-electron chi connectivity index (χ4n) is 1.33. The van der Waals surface area contributed by atoms with E-state index in [0.717, 1.165) is 11.6 Å². The molecular formula is C14H17NO4. The van der Waals surface area contributed by atoms with Crippen LogP contribution in [-0.2, 0) is 14.3 Å². The molecule has 0 fully saturated rings. The number of rotatable bonds is 6. The molecule has 1 aromatic rings. The maximum atomic E-state index is 11.4. The summed E-state index contributed by atoms with van der Waals surface area (Å²) in [5.41, 5.74) is 1.73. The third kappa shape index (κ3) is 6.26. The highest BCUT2D eigenvalue weighted by atomic mass is 16.6. The molecule has 5 heteroatoms. The quantitative estimate of drug-likeness (QED) is 0.487. The summed E-state index contributed by atoms with van der Waals surface area (Å²) in [5.74, 6) is -0.482. The van der Waals surface area contributed by atoms with Crippen LogP contribution in [-0.4, -0.2) is 25.3 Å². The van der Waals surface area contributed by atoms with Crippen LogP contribution in [0.2, 0.25) is 0 Å². The second-order valence-corrected chi connectivity index (χ2v) is 3.86. The van der Waals surface area contributed by atoms with Gasteiger partial charge < -0.3 is 9.47 Å². The number of anilines is 1. The number of esters is 1. The zero-order valence-electron chi connectivity index (χ0n) is 10.8. The summed E-state index contributed by atoms with van der Waals surface area (Å²) in [6, 6.07) is 7.40. The third-order valence-electron chi connectivity index (χ3n) is 2.20. The number of nitrogens with one attached hydrogen (secondary N) is 1. The molecule has 0 bridgehead atoms. The van der Waals surface area contributed by atoms with E-state index in [1.165, 1.54) is 0 Å². The molecule has 0 aliphatic heterocycles. The predicted octanol–water partition coefficient (Wildman–Crippen LogP) is 2.66. The first kappa shape index (κ1) is 14.8. The van der Waals surface area contributed by atoms with Gasteiger partial charge in [-0.2, -0.15) is 0 Å². The van der Waals surface area contributed by atoms with Gasteiger partial charge in [0.1, 0.15) is 0 Å². The van der Waals surface area contributed by atoms with Crippen LogP contribution in [0.1, 0.15) is 12.0 Å².